The summed E-state index contributed by atoms with van der Waals surface area (Å²) < 4.78 is 0. The van der Waals surface area contributed by atoms with E-state index in [4.69, 9.17) is 11.6 Å². The highest BCUT2D eigenvalue weighted by Crippen LogP contribution is 2.29. The highest BCUT2D eigenvalue weighted by atomic mass is 35.5. The molecule has 1 amide bonds. The van der Waals surface area contributed by atoms with Crippen LogP contribution in [0.2, 0.25) is 5.02 Å². The smallest absolute Gasteiger partial charge is 0.234 e. The fraction of sp³-hybridized carbons (Fsp3) is 0.533. The van der Waals surface area contributed by atoms with Gasteiger partial charge in [-0.2, -0.15) is 0 Å². The lowest BCUT2D eigenvalue weighted by atomic mass is 9.85. The van der Waals surface area contributed by atoms with Gasteiger partial charge in [0.2, 0.25) is 5.91 Å². The molecule has 1 aromatic carbocycles. The molecule has 0 saturated heterocycles. The molecule has 2 N–H and O–H groups in total. The fourth-order valence-electron chi connectivity index (χ4n) is 1.97. The standard InChI is InChI=1S/C15H23ClN2O/c1-15(2,3)9-13(18-14(19)10-17-4)11-5-7-12(16)8-6-11/h5-8,13,17H,9-10H2,1-4H3,(H,18,19). The maximum atomic E-state index is 11.8. The molecule has 0 spiro atoms. The number of hydrogen-bond acceptors (Lipinski definition) is 2. The summed E-state index contributed by atoms with van der Waals surface area (Å²) >= 11 is 5.91. The Bertz CT molecular complexity index is 409. The first-order valence-electron chi connectivity index (χ1n) is 6.51. The Morgan fingerprint density at radius 1 is 1.26 bits per heavy atom. The van der Waals surface area contributed by atoms with Gasteiger partial charge in [-0.15, -0.1) is 0 Å². The summed E-state index contributed by atoms with van der Waals surface area (Å²) in [6, 6.07) is 7.67. The molecular weight excluding hydrogens is 260 g/mol. The molecule has 4 heteroatoms. The minimum atomic E-state index is 0.00620. The molecule has 19 heavy (non-hydrogen) atoms. The van der Waals surface area contributed by atoms with E-state index in [0.717, 1.165) is 12.0 Å². The number of carbonyl (C=O) groups excluding carboxylic acids is 1. The van der Waals surface area contributed by atoms with Gasteiger partial charge in [-0.1, -0.05) is 44.5 Å². The van der Waals surface area contributed by atoms with Gasteiger partial charge in [-0.05, 0) is 36.6 Å². The highest BCUT2D eigenvalue weighted by molar-refractivity contribution is 6.30. The normalized spacial score (nSPS) is 13.1. The van der Waals surface area contributed by atoms with E-state index in [-0.39, 0.29) is 17.4 Å². The number of nitrogens with one attached hydrogen (secondary N) is 2. The van der Waals surface area contributed by atoms with Crippen molar-refractivity contribution in [2.24, 2.45) is 5.41 Å². The number of rotatable bonds is 5. The molecule has 0 radical (unpaired) electrons. The zero-order valence-corrected chi connectivity index (χ0v) is 12.8. The van der Waals surface area contributed by atoms with Crippen LogP contribution >= 0.6 is 11.6 Å². The van der Waals surface area contributed by atoms with Crippen molar-refractivity contribution in [2.45, 2.75) is 33.2 Å². The van der Waals surface area contributed by atoms with E-state index >= 15 is 0 Å². The molecule has 1 atom stereocenters. The van der Waals surface area contributed by atoms with Crippen LogP contribution in [0.15, 0.2) is 24.3 Å². The molecule has 1 rings (SSSR count). The van der Waals surface area contributed by atoms with Crippen LogP contribution in [0.25, 0.3) is 0 Å². The molecule has 0 saturated carbocycles. The van der Waals surface area contributed by atoms with E-state index < -0.39 is 0 Å². The van der Waals surface area contributed by atoms with Gasteiger partial charge in [0.05, 0.1) is 12.6 Å². The van der Waals surface area contributed by atoms with E-state index in [1.54, 1.807) is 7.05 Å². The summed E-state index contributed by atoms with van der Waals surface area (Å²) in [5, 5.41) is 6.64. The average Bonchev–Trinajstić information content (AvgIpc) is 2.27. The van der Waals surface area contributed by atoms with Gasteiger partial charge in [0.1, 0.15) is 0 Å². The molecule has 106 valence electrons. The third-order valence-electron chi connectivity index (χ3n) is 2.76. The van der Waals surface area contributed by atoms with Crippen LogP contribution in [0.4, 0.5) is 0 Å². The molecule has 0 fully saturated rings. The van der Waals surface area contributed by atoms with E-state index in [9.17, 15) is 4.79 Å². The van der Waals surface area contributed by atoms with Gasteiger partial charge < -0.3 is 10.6 Å². The lowest BCUT2D eigenvalue weighted by molar-refractivity contribution is -0.121. The first-order valence-corrected chi connectivity index (χ1v) is 6.89. The Morgan fingerprint density at radius 2 is 1.84 bits per heavy atom. The van der Waals surface area contributed by atoms with Crippen LogP contribution < -0.4 is 10.6 Å². The Kier molecular flexibility index (Phi) is 5.83. The monoisotopic (exact) mass is 282 g/mol. The lowest BCUT2D eigenvalue weighted by Crippen LogP contribution is -2.36. The van der Waals surface area contributed by atoms with Crippen molar-refractivity contribution in [3.63, 3.8) is 0 Å². The second-order valence-corrected chi connectivity index (χ2v) is 6.40. The first kappa shape index (κ1) is 16.0. The minimum Gasteiger partial charge on any atom is -0.348 e. The van der Waals surface area contributed by atoms with Crippen LogP contribution in [0, 0.1) is 5.41 Å². The van der Waals surface area contributed by atoms with Crippen molar-refractivity contribution in [1.29, 1.82) is 0 Å². The molecule has 1 aromatic rings. The summed E-state index contributed by atoms with van der Waals surface area (Å²) in [6.07, 6.45) is 0.879. The second kappa shape index (κ2) is 6.92. The van der Waals surface area contributed by atoms with E-state index in [2.05, 4.69) is 31.4 Å². The number of hydrogen-bond donors (Lipinski definition) is 2. The number of carbonyl (C=O) groups is 1. The van der Waals surface area contributed by atoms with Gasteiger partial charge >= 0.3 is 0 Å². The summed E-state index contributed by atoms with van der Waals surface area (Å²) in [7, 11) is 1.76. The quantitative estimate of drug-likeness (QED) is 0.871. The lowest BCUT2D eigenvalue weighted by Gasteiger charge is -2.27. The molecule has 0 aliphatic rings. The van der Waals surface area contributed by atoms with E-state index in [1.807, 2.05) is 24.3 Å². The molecule has 0 aromatic heterocycles. The zero-order valence-electron chi connectivity index (χ0n) is 12.1. The van der Waals surface area contributed by atoms with Crippen LogP contribution in [0.1, 0.15) is 38.8 Å². The van der Waals surface area contributed by atoms with Crippen molar-refractivity contribution in [1.82, 2.24) is 10.6 Å². The van der Waals surface area contributed by atoms with Crippen LogP contribution in [0.3, 0.4) is 0 Å². The predicted octanol–water partition coefficient (Wildman–Crippen LogP) is 3.15. The fourth-order valence-corrected chi connectivity index (χ4v) is 2.09. The van der Waals surface area contributed by atoms with E-state index in [1.165, 1.54) is 0 Å². The van der Waals surface area contributed by atoms with Gasteiger partial charge in [0.15, 0.2) is 0 Å². The van der Waals surface area contributed by atoms with Crippen molar-refractivity contribution in [2.75, 3.05) is 13.6 Å². The average molecular weight is 283 g/mol. The summed E-state index contributed by atoms with van der Waals surface area (Å²) in [6.45, 7) is 6.83. The SMILES string of the molecule is CNCC(=O)NC(CC(C)(C)C)c1ccc(Cl)cc1. The van der Waals surface area contributed by atoms with Gasteiger partial charge in [-0.25, -0.2) is 0 Å². The van der Waals surface area contributed by atoms with Crippen molar-refractivity contribution in [3.8, 4) is 0 Å². The Hall–Kier alpha value is -1.06. The van der Waals surface area contributed by atoms with Crippen molar-refractivity contribution >= 4 is 17.5 Å². The highest BCUT2D eigenvalue weighted by Gasteiger charge is 2.21. The Labute approximate surface area is 120 Å². The van der Waals surface area contributed by atoms with Crippen LogP contribution in [-0.2, 0) is 4.79 Å². The third-order valence-corrected chi connectivity index (χ3v) is 3.01. The molecular formula is C15H23ClN2O. The topological polar surface area (TPSA) is 41.1 Å². The minimum absolute atomic E-state index is 0.00620. The first-order chi connectivity index (χ1) is 8.81. The van der Waals surface area contributed by atoms with Crippen LogP contribution in [0.5, 0.6) is 0 Å². The molecule has 1 unspecified atom stereocenters. The van der Waals surface area contributed by atoms with Crippen molar-refractivity contribution < 1.29 is 4.79 Å². The molecule has 3 nitrogen and oxygen atoms in total. The largest absolute Gasteiger partial charge is 0.348 e. The number of benzene rings is 1. The molecule has 0 aliphatic heterocycles. The molecule has 0 aliphatic carbocycles. The summed E-state index contributed by atoms with van der Waals surface area (Å²) in [5.41, 5.74) is 1.22. The maximum Gasteiger partial charge on any atom is 0.234 e. The van der Waals surface area contributed by atoms with E-state index in [0.29, 0.717) is 11.6 Å². The zero-order chi connectivity index (χ0) is 14.5. The summed E-state index contributed by atoms with van der Waals surface area (Å²) in [4.78, 5) is 11.8. The van der Waals surface area contributed by atoms with Gasteiger partial charge in [0, 0.05) is 5.02 Å². The predicted molar refractivity (Wildman–Crippen MR) is 80.3 cm³/mol. The van der Waals surface area contributed by atoms with Crippen LogP contribution in [-0.4, -0.2) is 19.5 Å². The third kappa shape index (κ3) is 6.08. The number of likely N-dealkylation sites (N-methyl/N-ethyl adjacent to an activating group) is 1. The second-order valence-electron chi connectivity index (χ2n) is 5.97. The van der Waals surface area contributed by atoms with Gasteiger partial charge in [0.25, 0.3) is 0 Å². The van der Waals surface area contributed by atoms with Crippen molar-refractivity contribution in [3.05, 3.63) is 34.9 Å². The summed E-state index contributed by atoms with van der Waals surface area (Å²) in [5.74, 6) is 0.00620. The van der Waals surface area contributed by atoms with Gasteiger partial charge in [-0.3, -0.25) is 4.79 Å². The number of halogens is 1. The molecule has 0 heterocycles. The Balaban J connectivity index is 2.85. The molecule has 0 bridgehead atoms. The maximum absolute atomic E-state index is 11.8. The Morgan fingerprint density at radius 3 is 2.32 bits per heavy atom. The number of amides is 1.